The number of hydrogen-bond acceptors (Lipinski definition) is 8. The zero-order valence-corrected chi connectivity index (χ0v) is 39.2. The second kappa shape index (κ2) is 18.7. The van der Waals surface area contributed by atoms with E-state index in [0.29, 0.717) is 0 Å². The molecule has 0 saturated carbocycles. The van der Waals surface area contributed by atoms with Crippen molar-refractivity contribution in [3.05, 3.63) is 120 Å². The van der Waals surface area contributed by atoms with Gasteiger partial charge in [-0.1, -0.05) is 138 Å². The van der Waals surface area contributed by atoms with E-state index >= 15 is 0 Å². The van der Waals surface area contributed by atoms with Gasteiger partial charge in [0.1, 0.15) is 33.6 Å². The maximum atomic E-state index is 5.94. The smallest absolute Gasteiger partial charge is 0.119 e. The van der Waals surface area contributed by atoms with Crippen molar-refractivity contribution in [3.63, 3.8) is 0 Å². The van der Waals surface area contributed by atoms with Crippen LogP contribution in [-0.2, 0) is 5.41 Å². The summed E-state index contributed by atoms with van der Waals surface area (Å²) in [5.74, 6) is 1.75. The van der Waals surface area contributed by atoms with Gasteiger partial charge in [-0.25, -0.2) is 0 Å². The summed E-state index contributed by atoms with van der Waals surface area (Å²) in [5.41, 5.74) is 18.4. The molecule has 322 valence electrons. The fraction of sp³-hybridized carbons (Fsp3) is 0.345. The van der Waals surface area contributed by atoms with Gasteiger partial charge in [0.25, 0.3) is 0 Å². The lowest BCUT2D eigenvalue weighted by Gasteiger charge is -2.33. The van der Waals surface area contributed by atoms with E-state index in [0.717, 1.165) is 79.8 Å². The molecule has 2 heterocycles. The van der Waals surface area contributed by atoms with Gasteiger partial charge >= 0.3 is 0 Å². The average Bonchev–Trinajstić information content (AvgIpc) is 4.05. The summed E-state index contributed by atoms with van der Waals surface area (Å²) in [6.07, 6.45) is 12.3. The summed E-state index contributed by atoms with van der Waals surface area (Å²) in [6, 6.07) is 40.2. The normalized spacial score (nSPS) is 13.0. The number of benzene rings is 6. The molecule has 0 bridgehead atoms. The Morgan fingerprint density at radius 1 is 0.413 bits per heavy atom. The second-order valence-electron chi connectivity index (χ2n) is 17.9. The van der Waals surface area contributed by atoms with Crippen LogP contribution in [0.15, 0.2) is 109 Å². The first-order valence-corrected chi connectivity index (χ1v) is 24.6. The Morgan fingerprint density at radius 2 is 0.746 bits per heavy atom. The van der Waals surface area contributed by atoms with Gasteiger partial charge < -0.3 is 9.47 Å². The maximum Gasteiger partial charge on any atom is 0.119 e. The van der Waals surface area contributed by atoms with Gasteiger partial charge in [0, 0.05) is 27.7 Å². The molecule has 1 aliphatic rings. The molecule has 0 N–H and O–H groups in total. The highest BCUT2D eigenvalue weighted by atomic mass is 32.1. The minimum absolute atomic E-state index is 0.115. The van der Waals surface area contributed by atoms with Gasteiger partial charge in [-0.3, -0.25) is 0 Å². The van der Waals surface area contributed by atoms with E-state index < -0.39 is 0 Å². The van der Waals surface area contributed by atoms with Crippen LogP contribution in [-0.4, -0.2) is 29.7 Å². The molecule has 8 aromatic rings. The van der Waals surface area contributed by atoms with Gasteiger partial charge in [-0.15, -0.1) is 0 Å². The highest BCUT2D eigenvalue weighted by Gasteiger charge is 2.43. The van der Waals surface area contributed by atoms with Crippen molar-refractivity contribution in [1.82, 2.24) is 17.5 Å². The summed E-state index contributed by atoms with van der Waals surface area (Å²) in [5, 5.41) is 0. The van der Waals surface area contributed by atoms with Crippen molar-refractivity contribution < 1.29 is 9.47 Å². The summed E-state index contributed by atoms with van der Waals surface area (Å²) in [4.78, 5) is 0. The first-order valence-electron chi connectivity index (χ1n) is 23.1. The molecule has 0 spiro atoms. The molecule has 0 amide bonds. The van der Waals surface area contributed by atoms with Crippen LogP contribution in [0.3, 0.4) is 0 Å². The molecule has 6 nitrogen and oxygen atoms in total. The first kappa shape index (κ1) is 42.8. The average molecular weight is 871 g/mol. The Bertz CT molecular complexity index is 2650. The van der Waals surface area contributed by atoms with Gasteiger partial charge in [-0.2, -0.15) is 17.5 Å². The highest BCUT2D eigenvalue weighted by molar-refractivity contribution is 7.00. The highest BCUT2D eigenvalue weighted by Crippen LogP contribution is 2.56. The van der Waals surface area contributed by atoms with Crippen LogP contribution in [0.2, 0.25) is 0 Å². The zero-order valence-electron chi connectivity index (χ0n) is 37.5. The topological polar surface area (TPSA) is 70.0 Å². The number of hydrogen-bond donors (Lipinski definition) is 0. The molecular weight excluding hydrogens is 813 g/mol. The molecule has 0 saturated heterocycles. The Morgan fingerprint density at radius 3 is 1.10 bits per heavy atom. The van der Waals surface area contributed by atoms with Crippen molar-refractivity contribution >= 4 is 45.5 Å². The van der Waals surface area contributed by atoms with E-state index in [1.54, 1.807) is 0 Å². The molecule has 0 atom stereocenters. The SMILES string of the molecule is CCCCCCC1(CCCCCC)c2cc(-c3ccc(-c4ccc(OC(C)C)cc4)c4nsnc34)ccc2-c2ccc(-c3ccc(-c4ccc(OC(C)C)cc4)c4nsnc34)cc21. The maximum absolute atomic E-state index is 5.94. The summed E-state index contributed by atoms with van der Waals surface area (Å²) in [6.45, 7) is 12.8. The van der Waals surface area contributed by atoms with Crippen LogP contribution in [0.1, 0.15) is 117 Å². The Hall–Kier alpha value is -5.44. The fourth-order valence-corrected chi connectivity index (χ4v) is 11.0. The molecule has 2 aromatic heterocycles. The van der Waals surface area contributed by atoms with Crippen LogP contribution in [0.4, 0.5) is 0 Å². The molecule has 9 rings (SSSR count). The minimum Gasteiger partial charge on any atom is -0.491 e. The molecule has 63 heavy (non-hydrogen) atoms. The predicted molar refractivity (Wildman–Crippen MR) is 265 cm³/mol. The molecule has 0 fully saturated rings. The van der Waals surface area contributed by atoms with Gasteiger partial charge in [0.05, 0.1) is 35.7 Å². The number of nitrogens with zero attached hydrogens (tertiary/aromatic N) is 4. The molecule has 8 heteroatoms. The van der Waals surface area contributed by atoms with Gasteiger partial charge in [0.2, 0.25) is 0 Å². The van der Waals surface area contributed by atoms with E-state index in [-0.39, 0.29) is 17.6 Å². The quantitative estimate of drug-likeness (QED) is 0.0800. The Labute approximate surface area is 381 Å². The first-order chi connectivity index (χ1) is 30.8. The van der Waals surface area contributed by atoms with E-state index in [1.807, 2.05) is 24.3 Å². The third-order valence-corrected chi connectivity index (χ3v) is 13.9. The molecule has 0 aliphatic heterocycles. The fourth-order valence-electron chi connectivity index (χ4n) is 9.84. The lowest BCUT2D eigenvalue weighted by molar-refractivity contribution is 0.242. The van der Waals surface area contributed by atoms with E-state index in [2.05, 4.69) is 126 Å². The molecule has 0 unspecified atom stereocenters. The predicted octanol–water partition coefficient (Wildman–Crippen LogP) is 16.1. The van der Waals surface area contributed by atoms with Crippen LogP contribution >= 0.6 is 23.5 Å². The van der Waals surface area contributed by atoms with E-state index in [1.165, 1.54) is 108 Å². The summed E-state index contributed by atoms with van der Waals surface area (Å²) < 4.78 is 31.5. The molecule has 6 aromatic carbocycles. The summed E-state index contributed by atoms with van der Waals surface area (Å²) >= 11 is 2.59. The van der Waals surface area contributed by atoms with Crippen LogP contribution in [0.25, 0.3) is 77.7 Å². The molecule has 0 radical (unpaired) electrons. The van der Waals surface area contributed by atoms with Gasteiger partial charge in [-0.05, 0) is 121 Å². The van der Waals surface area contributed by atoms with Crippen molar-refractivity contribution in [2.75, 3.05) is 0 Å². The largest absolute Gasteiger partial charge is 0.491 e. The third kappa shape index (κ3) is 8.52. The lowest BCUT2D eigenvalue weighted by Crippen LogP contribution is -2.25. The van der Waals surface area contributed by atoms with Crippen LogP contribution < -0.4 is 9.47 Å². The number of fused-ring (bicyclic) bond motifs is 5. The minimum atomic E-state index is -0.115. The number of ether oxygens (including phenoxy) is 2. The summed E-state index contributed by atoms with van der Waals surface area (Å²) in [7, 11) is 0. The Kier molecular flexibility index (Phi) is 12.7. The van der Waals surface area contributed by atoms with Crippen molar-refractivity contribution in [2.24, 2.45) is 0 Å². The van der Waals surface area contributed by atoms with Crippen molar-refractivity contribution in [3.8, 4) is 67.1 Å². The molecule has 1 aliphatic carbocycles. The monoisotopic (exact) mass is 870 g/mol. The van der Waals surface area contributed by atoms with Crippen molar-refractivity contribution in [2.45, 2.75) is 123 Å². The van der Waals surface area contributed by atoms with Crippen LogP contribution in [0, 0.1) is 0 Å². The standard InChI is InChI=1S/C55H58N4O2S2/c1-7-9-11-13-31-55(32-14-12-10-8-2)49-33-39(45-29-27-43(51-53(45)58-62-56-51)37-15-21-41(22-16-37)60-35(3)4)19-25-47(49)48-26-20-40(34-50(48)55)46-30-28-44(52-54(46)59-63-57-52)38-17-23-42(24-18-38)61-36(5)6/h15-30,33-36H,7-14,31-32H2,1-6H3. The van der Waals surface area contributed by atoms with Crippen LogP contribution in [0.5, 0.6) is 11.5 Å². The lowest BCUT2D eigenvalue weighted by atomic mass is 9.70. The second-order valence-corrected chi connectivity index (χ2v) is 18.9. The Balaban J connectivity index is 1.13. The van der Waals surface area contributed by atoms with E-state index in [9.17, 15) is 0 Å². The van der Waals surface area contributed by atoms with Gasteiger partial charge in [0.15, 0.2) is 0 Å². The molecular formula is C55H58N4O2S2. The van der Waals surface area contributed by atoms with E-state index in [4.69, 9.17) is 27.0 Å². The number of unbranched alkanes of at least 4 members (excludes halogenated alkanes) is 6. The third-order valence-electron chi connectivity index (χ3n) is 12.8. The van der Waals surface area contributed by atoms with Crippen molar-refractivity contribution in [1.29, 1.82) is 0 Å². The zero-order chi connectivity index (χ0) is 43.5. The number of rotatable bonds is 18. The number of aromatic nitrogens is 4.